The first-order valence-corrected chi connectivity index (χ1v) is 7.46. The molecule has 0 aromatic carbocycles. The van der Waals surface area contributed by atoms with Crippen LogP contribution in [-0.4, -0.2) is 59.9 Å². The molecule has 3 saturated heterocycles. The fourth-order valence-corrected chi connectivity index (χ4v) is 3.24. The molecule has 0 spiro atoms. The lowest BCUT2D eigenvalue weighted by Gasteiger charge is -2.52. The number of fused-ring (bicyclic) bond motifs is 3. The molecule has 0 bridgehead atoms. The summed E-state index contributed by atoms with van der Waals surface area (Å²) in [5.41, 5.74) is -0.489. The Balaban J connectivity index is 1.78. The summed E-state index contributed by atoms with van der Waals surface area (Å²) >= 11 is 0. The summed E-state index contributed by atoms with van der Waals surface area (Å²) in [6.45, 7) is 9.06. The Kier molecular flexibility index (Phi) is 3.46. The van der Waals surface area contributed by atoms with Gasteiger partial charge in [0.1, 0.15) is 36.6 Å². The second-order valence-corrected chi connectivity index (χ2v) is 7.52. The highest BCUT2D eigenvalue weighted by atomic mass is 16.8. The highest BCUT2D eigenvalue weighted by Crippen LogP contribution is 2.45. The van der Waals surface area contributed by atoms with Crippen molar-refractivity contribution in [1.29, 1.82) is 0 Å². The van der Waals surface area contributed by atoms with Crippen LogP contribution in [0.3, 0.4) is 0 Å². The van der Waals surface area contributed by atoms with E-state index in [2.05, 4.69) is 0 Å². The molecule has 0 aromatic heterocycles. The van der Waals surface area contributed by atoms with Gasteiger partial charge in [-0.2, -0.15) is 0 Å². The van der Waals surface area contributed by atoms with Gasteiger partial charge in [-0.25, -0.2) is 0 Å². The fourth-order valence-electron chi connectivity index (χ4n) is 3.24. The third kappa shape index (κ3) is 2.43. The average molecular weight is 300 g/mol. The van der Waals surface area contributed by atoms with Crippen molar-refractivity contribution in [3.8, 4) is 0 Å². The highest BCUT2D eigenvalue weighted by molar-refractivity contribution is 5.89. The lowest BCUT2D eigenvalue weighted by Crippen LogP contribution is -2.71. The maximum absolute atomic E-state index is 12.4. The molecule has 0 aliphatic carbocycles. The average Bonchev–Trinajstić information content (AvgIpc) is 2.63. The Morgan fingerprint density at radius 2 is 1.67 bits per heavy atom. The summed E-state index contributed by atoms with van der Waals surface area (Å²) in [6, 6.07) is 0. The molecule has 120 valence electrons. The first kappa shape index (κ1) is 15.4. The maximum atomic E-state index is 12.4. The normalized spacial score (nSPS) is 44.7. The first-order chi connectivity index (χ1) is 9.64. The van der Waals surface area contributed by atoms with Crippen LogP contribution in [0.25, 0.3) is 0 Å². The Labute approximate surface area is 124 Å². The van der Waals surface area contributed by atoms with Crippen molar-refractivity contribution in [3.63, 3.8) is 0 Å². The minimum Gasteiger partial charge on any atom is -0.394 e. The molecule has 3 aliphatic heterocycles. The van der Waals surface area contributed by atoms with Crippen molar-refractivity contribution in [2.75, 3.05) is 6.61 Å². The zero-order valence-corrected chi connectivity index (χ0v) is 13.2. The largest absolute Gasteiger partial charge is 0.394 e. The van der Waals surface area contributed by atoms with E-state index in [9.17, 15) is 9.90 Å². The number of ketones is 1. The molecule has 1 N–H and O–H groups in total. The molecule has 6 atom stereocenters. The number of hydrogen-bond donors (Lipinski definition) is 1. The van der Waals surface area contributed by atoms with Gasteiger partial charge in [-0.1, -0.05) is 20.8 Å². The summed E-state index contributed by atoms with van der Waals surface area (Å²) in [4.78, 5) is 12.4. The monoisotopic (exact) mass is 300 g/mol. The second kappa shape index (κ2) is 4.73. The standard InChI is InChI=1S/C15H24O6/c1-14(2,3)13(17)12-10-9(19-12)11-8(7(6-16)18-10)20-15(4,5)21-11/h7-12,16H,6H2,1-5H3/t7-,8+,9+,10+,11+,12+/m1/s1. The van der Waals surface area contributed by atoms with Gasteiger partial charge in [0.05, 0.1) is 6.61 Å². The van der Waals surface area contributed by atoms with Crippen LogP contribution in [-0.2, 0) is 23.7 Å². The number of ether oxygens (including phenoxy) is 4. The third-order valence-electron chi connectivity index (χ3n) is 4.29. The van der Waals surface area contributed by atoms with Gasteiger partial charge in [-0.3, -0.25) is 4.79 Å². The van der Waals surface area contributed by atoms with Crippen LogP contribution < -0.4 is 0 Å². The first-order valence-electron chi connectivity index (χ1n) is 7.46. The van der Waals surface area contributed by atoms with Crippen LogP contribution in [0.5, 0.6) is 0 Å². The van der Waals surface area contributed by atoms with Gasteiger partial charge < -0.3 is 24.1 Å². The molecule has 0 unspecified atom stereocenters. The summed E-state index contributed by atoms with van der Waals surface area (Å²) in [6.07, 6.45) is -2.42. The predicted octanol–water partition coefficient (Wildman–Crippen LogP) is 0.649. The SMILES string of the molecule is CC1(C)O[C@@H]2[C@H]3O[C@H](C(=O)C(C)(C)C)[C@H]3O[C@H](CO)[C@@H]2O1. The summed E-state index contributed by atoms with van der Waals surface area (Å²) in [7, 11) is 0. The second-order valence-electron chi connectivity index (χ2n) is 7.52. The van der Waals surface area contributed by atoms with Crippen LogP contribution in [0, 0.1) is 5.41 Å². The van der Waals surface area contributed by atoms with Crippen molar-refractivity contribution in [1.82, 2.24) is 0 Å². The molecule has 0 radical (unpaired) electrons. The minimum atomic E-state index is -0.733. The highest BCUT2D eigenvalue weighted by Gasteiger charge is 2.64. The molecular weight excluding hydrogens is 276 g/mol. The number of hydrogen-bond acceptors (Lipinski definition) is 6. The van der Waals surface area contributed by atoms with E-state index in [1.54, 1.807) is 0 Å². The van der Waals surface area contributed by atoms with Crippen molar-refractivity contribution in [2.45, 2.75) is 77.0 Å². The van der Waals surface area contributed by atoms with Crippen LogP contribution in [0.2, 0.25) is 0 Å². The minimum absolute atomic E-state index is 0.0112. The lowest BCUT2D eigenvalue weighted by atomic mass is 9.79. The molecule has 3 heterocycles. The van der Waals surface area contributed by atoms with Crippen LogP contribution in [0.4, 0.5) is 0 Å². The molecule has 6 nitrogen and oxygen atoms in total. The van der Waals surface area contributed by atoms with E-state index in [1.165, 1.54) is 0 Å². The molecule has 6 heteroatoms. The van der Waals surface area contributed by atoms with E-state index in [1.807, 2.05) is 34.6 Å². The predicted molar refractivity (Wildman–Crippen MR) is 72.7 cm³/mol. The third-order valence-corrected chi connectivity index (χ3v) is 4.29. The van der Waals surface area contributed by atoms with Gasteiger partial charge in [0, 0.05) is 5.41 Å². The summed E-state index contributed by atoms with van der Waals surface area (Å²) in [5.74, 6) is -0.721. The number of Topliss-reactive ketones (excluding diaryl/α,β-unsaturated/α-hetero) is 1. The Morgan fingerprint density at radius 3 is 2.24 bits per heavy atom. The van der Waals surface area contributed by atoms with Crippen LogP contribution >= 0.6 is 0 Å². The van der Waals surface area contributed by atoms with E-state index < -0.39 is 23.4 Å². The van der Waals surface area contributed by atoms with Gasteiger partial charge in [0.25, 0.3) is 0 Å². The van der Waals surface area contributed by atoms with Crippen LogP contribution in [0.15, 0.2) is 0 Å². The smallest absolute Gasteiger partial charge is 0.169 e. The van der Waals surface area contributed by atoms with Gasteiger partial charge in [0.2, 0.25) is 0 Å². The summed E-state index contributed by atoms with van der Waals surface area (Å²) < 4.78 is 23.3. The maximum Gasteiger partial charge on any atom is 0.169 e. The molecule has 3 fully saturated rings. The lowest BCUT2D eigenvalue weighted by molar-refractivity contribution is -0.312. The zero-order chi connectivity index (χ0) is 15.6. The topological polar surface area (TPSA) is 74.2 Å². The molecule has 0 amide bonds. The quantitative estimate of drug-likeness (QED) is 0.807. The van der Waals surface area contributed by atoms with Gasteiger partial charge in [-0.05, 0) is 13.8 Å². The molecule has 21 heavy (non-hydrogen) atoms. The molecule has 3 aliphatic rings. The Morgan fingerprint density at radius 1 is 1.05 bits per heavy atom. The van der Waals surface area contributed by atoms with Crippen molar-refractivity contribution in [2.24, 2.45) is 5.41 Å². The van der Waals surface area contributed by atoms with E-state index in [-0.39, 0.29) is 36.8 Å². The number of carbonyl (C=O) groups excluding carboxylic acids is 1. The summed E-state index contributed by atoms with van der Waals surface area (Å²) in [5, 5.41) is 9.53. The van der Waals surface area contributed by atoms with E-state index in [0.29, 0.717) is 0 Å². The van der Waals surface area contributed by atoms with Crippen molar-refractivity contribution >= 4 is 5.78 Å². The van der Waals surface area contributed by atoms with E-state index >= 15 is 0 Å². The number of aliphatic hydroxyl groups excluding tert-OH is 1. The molecule has 3 rings (SSSR count). The van der Waals surface area contributed by atoms with Crippen LogP contribution in [0.1, 0.15) is 34.6 Å². The molecule has 0 saturated carbocycles. The Hall–Kier alpha value is -0.530. The van der Waals surface area contributed by atoms with E-state index in [4.69, 9.17) is 18.9 Å². The molecule has 0 aromatic rings. The van der Waals surface area contributed by atoms with E-state index in [0.717, 1.165) is 0 Å². The Bertz CT molecular complexity index is 440. The fraction of sp³-hybridized carbons (Fsp3) is 0.933. The number of carbonyl (C=O) groups is 1. The van der Waals surface area contributed by atoms with Gasteiger partial charge >= 0.3 is 0 Å². The van der Waals surface area contributed by atoms with Gasteiger partial charge in [-0.15, -0.1) is 0 Å². The number of aliphatic hydroxyl groups is 1. The van der Waals surface area contributed by atoms with Gasteiger partial charge in [0.15, 0.2) is 11.6 Å². The zero-order valence-electron chi connectivity index (χ0n) is 13.2. The van der Waals surface area contributed by atoms with Crippen molar-refractivity contribution in [3.05, 3.63) is 0 Å². The number of rotatable bonds is 2. The van der Waals surface area contributed by atoms with Crippen molar-refractivity contribution < 1.29 is 28.8 Å². The molecular formula is C15H24O6.